The first-order valence-corrected chi connectivity index (χ1v) is 7.29. The van der Waals surface area contributed by atoms with Gasteiger partial charge in [-0.2, -0.15) is 0 Å². The van der Waals surface area contributed by atoms with E-state index in [1.807, 2.05) is 13.0 Å². The SMILES string of the molecule is CCN(CC(=O)NNC(=O)c1ccccc1)C1CCNC1. The molecule has 1 heterocycles. The second-order valence-corrected chi connectivity index (χ2v) is 5.08. The Kier molecular flexibility index (Phi) is 5.71. The maximum absolute atomic E-state index is 11.9. The average Bonchev–Trinajstić information content (AvgIpc) is 3.05. The summed E-state index contributed by atoms with van der Waals surface area (Å²) in [6.45, 7) is 5.05. The Labute approximate surface area is 124 Å². The average molecular weight is 290 g/mol. The molecule has 21 heavy (non-hydrogen) atoms. The van der Waals surface area contributed by atoms with Crippen LogP contribution < -0.4 is 16.2 Å². The standard InChI is InChI=1S/C15H22N4O2/c1-2-19(13-8-9-16-10-13)11-14(20)17-18-15(21)12-6-4-3-5-7-12/h3-7,13,16H,2,8-11H2,1H3,(H,17,20)(H,18,21). The molecule has 0 aliphatic carbocycles. The van der Waals surface area contributed by atoms with Gasteiger partial charge in [-0.05, 0) is 31.6 Å². The number of carbonyl (C=O) groups excluding carboxylic acids is 2. The zero-order chi connectivity index (χ0) is 15.1. The van der Waals surface area contributed by atoms with Crippen LogP contribution in [0.15, 0.2) is 30.3 Å². The minimum Gasteiger partial charge on any atom is -0.315 e. The Balaban J connectivity index is 1.77. The molecule has 114 valence electrons. The summed E-state index contributed by atoms with van der Waals surface area (Å²) in [7, 11) is 0. The molecule has 0 spiro atoms. The zero-order valence-corrected chi connectivity index (χ0v) is 12.3. The van der Waals surface area contributed by atoms with E-state index in [0.717, 1.165) is 26.1 Å². The fourth-order valence-electron chi connectivity index (χ4n) is 2.46. The molecular formula is C15H22N4O2. The Bertz CT molecular complexity index is 472. The van der Waals surface area contributed by atoms with E-state index in [1.165, 1.54) is 0 Å². The first kappa shape index (κ1) is 15.5. The summed E-state index contributed by atoms with van der Waals surface area (Å²) in [5.74, 6) is -0.512. The number of nitrogens with zero attached hydrogens (tertiary/aromatic N) is 1. The van der Waals surface area contributed by atoms with Crippen molar-refractivity contribution in [3.8, 4) is 0 Å². The van der Waals surface area contributed by atoms with Crippen molar-refractivity contribution in [1.29, 1.82) is 0 Å². The number of carbonyl (C=O) groups is 2. The van der Waals surface area contributed by atoms with Crippen LogP contribution in [0.2, 0.25) is 0 Å². The van der Waals surface area contributed by atoms with Crippen molar-refractivity contribution in [3.05, 3.63) is 35.9 Å². The molecule has 6 nitrogen and oxygen atoms in total. The molecule has 2 amide bonds. The molecule has 1 saturated heterocycles. The Morgan fingerprint density at radius 3 is 2.67 bits per heavy atom. The van der Waals surface area contributed by atoms with Crippen LogP contribution in [0, 0.1) is 0 Å². The lowest BCUT2D eigenvalue weighted by molar-refractivity contribution is -0.123. The van der Waals surface area contributed by atoms with Gasteiger partial charge in [-0.3, -0.25) is 25.3 Å². The molecule has 1 atom stereocenters. The van der Waals surface area contributed by atoms with Crippen molar-refractivity contribution in [1.82, 2.24) is 21.1 Å². The molecule has 1 unspecified atom stereocenters. The van der Waals surface area contributed by atoms with Gasteiger partial charge in [-0.15, -0.1) is 0 Å². The molecule has 1 fully saturated rings. The third-order valence-electron chi connectivity index (χ3n) is 3.66. The van der Waals surface area contributed by atoms with Gasteiger partial charge in [0.1, 0.15) is 0 Å². The quantitative estimate of drug-likeness (QED) is 0.674. The number of hydrogen-bond acceptors (Lipinski definition) is 4. The Morgan fingerprint density at radius 1 is 1.29 bits per heavy atom. The number of rotatable bonds is 5. The maximum atomic E-state index is 11.9. The lowest BCUT2D eigenvalue weighted by Gasteiger charge is -2.26. The monoisotopic (exact) mass is 290 g/mol. The van der Waals surface area contributed by atoms with E-state index in [2.05, 4.69) is 21.1 Å². The van der Waals surface area contributed by atoms with Crippen LogP contribution in [0.4, 0.5) is 0 Å². The van der Waals surface area contributed by atoms with Gasteiger partial charge in [0.15, 0.2) is 0 Å². The molecule has 6 heteroatoms. The second-order valence-electron chi connectivity index (χ2n) is 5.08. The van der Waals surface area contributed by atoms with E-state index >= 15 is 0 Å². The lowest BCUT2D eigenvalue weighted by atomic mass is 10.2. The van der Waals surface area contributed by atoms with Crippen molar-refractivity contribution in [2.24, 2.45) is 0 Å². The largest absolute Gasteiger partial charge is 0.315 e. The van der Waals surface area contributed by atoms with Gasteiger partial charge in [0.2, 0.25) is 0 Å². The van der Waals surface area contributed by atoms with Gasteiger partial charge in [0.25, 0.3) is 11.8 Å². The number of hydrazine groups is 1. The molecule has 1 aromatic carbocycles. The van der Waals surface area contributed by atoms with Crippen LogP contribution in [0.5, 0.6) is 0 Å². The molecule has 0 aromatic heterocycles. The summed E-state index contributed by atoms with van der Waals surface area (Å²) < 4.78 is 0. The number of amides is 2. The number of benzene rings is 1. The van der Waals surface area contributed by atoms with Crippen LogP contribution >= 0.6 is 0 Å². The molecular weight excluding hydrogens is 268 g/mol. The number of nitrogens with one attached hydrogen (secondary N) is 3. The predicted molar refractivity (Wildman–Crippen MR) is 80.6 cm³/mol. The number of likely N-dealkylation sites (N-methyl/N-ethyl adjacent to an activating group) is 1. The molecule has 1 aliphatic rings. The summed E-state index contributed by atoms with van der Waals surface area (Å²) in [5.41, 5.74) is 5.43. The second kappa shape index (κ2) is 7.75. The molecule has 1 aromatic rings. The minimum absolute atomic E-state index is 0.201. The topological polar surface area (TPSA) is 73.5 Å². The minimum atomic E-state index is -0.311. The third kappa shape index (κ3) is 4.54. The highest BCUT2D eigenvalue weighted by Crippen LogP contribution is 2.07. The first-order valence-electron chi connectivity index (χ1n) is 7.29. The van der Waals surface area contributed by atoms with E-state index in [-0.39, 0.29) is 18.4 Å². The van der Waals surface area contributed by atoms with Gasteiger partial charge in [-0.25, -0.2) is 0 Å². The smallest absolute Gasteiger partial charge is 0.269 e. The van der Waals surface area contributed by atoms with Gasteiger partial charge < -0.3 is 5.32 Å². The van der Waals surface area contributed by atoms with Gasteiger partial charge >= 0.3 is 0 Å². The molecule has 3 N–H and O–H groups in total. The van der Waals surface area contributed by atoms with Crippen LogP contribution in [-0.2, 0) is 4.79 Å². The van der Waals surface area contributed by atoms with Crippen LogP contribution in [0.3, 0.4) is 0 Å². The third-order valence-corrected chi connectivity index (χ3v) is 3.66. The highest BCUT2D eigenvalue weighted by Gasteiger charge is 2.22. The van der Waals surface area contributed by atoms with Crippen LogP contribution in [-0.4, -0.2) is 48.9 Å². The van der Waals surface area contributed by atoms with E-state index in [4.69, 9.17) is 0 Å². The molecule has 2 rings (SSSR count). The Morgan fingerprint density at radius 2 is 2.05 bits per heavy atom. The van der Waals surface area contributed by atoms with Crippen molar-refractivity contribution in [3.63, 3.8) is 0 Å². The lowest BCUT2D eigenvalue weighted by Crippen LogP contribution is -2.49. The predicted octanol–water partition coefficient (Wildman–Crippen LogP) is 0.131. The molecule has 1 aliphatic heterocycles. The van der Waals surface area contributed by atoms with Crippen LogP contribution in [0.25, 0.3) is 0 Å². The van der Waals surface area contributed by atoms with Gasteiger partial charge in [0.05, 0.1) is 6.54 Å². The van der Waals surface area contributed by atoms with Crippen molar-refractivity contribution >= 4 is 11.8 Å². The van der Waals surface area contributed by atoms with Crippen molar-refractivity contribution in [2.45, 2.75) is 19.4 Å². The molecule has 0 radical (unpaired) electrons. The Hall–Kier alpha value is -1.92. The normalized spacial score (nSPS) is 17.7. The fourth-order valence-corrected chi connectivity index (χ4v) is 2.46. The van der Waals surface area contributed by atoms with Gasteiger partial charge in [0, 0.05) is 18.2 Å². The van der Waals surface area contributed by atoms with Gasteiger partial charge in [-0.1, -0.05) is 25.1 Å². The summed E-state index contributed by atoms with van der Waals surface area (Å²) in [6.07, 6.45) is 1.05. The van der Waals surface area contributed by atoms with Crippen molar-refractivity contribution in [2.75, 3.05) is 26.2 Å². The summed E-state index contributed by atoms with van der Waals surface area (Å²) in [6, 6.07) is 9.19. The highest BCUT2D eigenvalue weighted by molar-refractivity contribution is 5.95. The summed E-state index contributed by atoms with van der Waals surface area (Å²) in [5, 5.41) is 3.29. The number of hydrogen-bond donors (Lipinski definition) is 3. The van der Waals surface area contributed by atoms with Crippen molar-refractivity contribution < 1.29 is 9.59 Å². The molecule has 0 saturated carbocycles. The summed E-state index contributed by atoms with van der Waals surface area (Å²) >= 11 is 0. The fraction of sp³-hybridized carbons (Fsp3) is 0.467. The van der Waals surface area contributed by atoms with E-state index < -0.39 is 0 Å². The highest BCUT2D eigenvalue weighted by atomic mass is 16.2. The van der Waals surface area contributed by atoms with E-state index in [0.29, 0.717) is 11.6 Å². The zero-order valence-electron chi connectivity index (χ0n) is 12.3. The van der Waals surface area contributed by atoms with E-state index in [9.17, 15) is 9.59 Å². The van der Waals surface area contributed by atoms with Crippen LogP contribution in [0.1, 0.15) is 23.7 Å². The van der Waals surface area contributed by atoms with E-state index in [1.54, 1.807) is 24.3 Å². The first-order chi connectivity index (χ1) is 10.2. The maximum Gasteiger partial charge on any atom is 0.269 e. The molecule has 0 bridgehead atoms. The summed E-state index contributed by atoms with van der Waals surface area (Å²) in [4.78, 5) is 25.8.